The van der Waals surface area contributed by atoms with Gasteiger partial charge in [-0.05, 0) is 31.5 Å². The monoisotopic (exact) mass is 326 g/mol. The van der Waals surface area contributed by atoms with Gasteiger partial charge in [0.25, 0.3) is 5.91 Å². The van der Waals surface area contributed by atoms with E-state index in [0.29, 0.717) is 18.0 Å². The van der Waals surface area contributed by atoms with E-state index < -0.39 is 0 Å². The Morgan fingerprint density at radius 2 is 1.91 bits per heavy atom. The Kier molecular flexibility index (Phi) is 4.30. The normalized spacial score (nSPS) is 10.7. The van der Waals surface area contributed by atoms with Gasteiger partial charge in [-0.3, -0.25) is 4.79 Å². The van der Waals surface area contributed by atoms with Gasteiger partial charge < -0.3 is 9.32 Å². The number of carbonyl (C=O) groups is 1. The average molecular weight is 326 g/mol. The summed E-state index contributed by atoms with van der Waals surface area (Å²) in [6.45, 7) is 4.50. The standard InChI is InChI=1S/C18H18N2O2S/c1-12-4-7-14(8-5-12)10-20(3)18(21)15-11-23-17(19-15)16-9-6-13(2)22-16/h4-9,11H,10H2,1-3H3. The van der Waals surface area contributed by atoms with E-state index in [1.807, 2.05) is 50.2 Å². The number of thiazole rings is 1. The van der Waals surface area contributed by atoms with Crippen molar-refractivity contribution in [3.8, 4) is 10.8 Å². The summed E-state index contributed by atoms with van der Waals surface area (Å²) in [7, 11) is 1.79. The topological polar surface area (TPSA) is 46.3 Å². The number of furan rings is 1. The van der Waals surface area contributed by atoms with Crippen molar-refractivity contribution >= 4 is 17.2 Å². The molecule has 0 N–H and O–H groups in total. The third-order valence-electron chi connectivity index (χ3n) is 3.56. The Morgan fingerprint density at radius 1 is 1.17 bits per heavy atom. The lowest BCUT2D eigenvalue weighted by Crippen LogP contribution is -2.26. The summed E-state index contributed by atoms with van der Waals surface area (Å²) in [5, 5.41) is 2.51. The average Bonchev–Trinajstić information content (AvgIpc) is 3.17. The molecule has 0 saturated heterocycles. The fourth-order valence-corrected chi connectivity index (χ4v) is 3.02. The first-order valence-electron chi connectivity index (χ1n) is 7.36. The van der Waals surface area contributed by atoms with Gasteiger partial charge >= 0.3 is 0 Å². The van der Waals surface area contributed by atoms with Crippen LogP contribution in [0, 0.1) is 13.8 Å². The van der Waals surface area contributed by atoms with Crippen molar-refractivity contribution in [3.63, 3.8) is 0 Å². The number of benzene rings is 1. The molecular formula is C18H18N2O2S. The first-order valence-corrected chi connectivity index (χ1v) is 8.24. The van der Waals surface area contributed by atoms with E-state index in [2.05, 4.69) is 4.98 Å². The van der Waals surface area contributed by atoms with Crippen LogP contribution < -0.4 is 0 Å². The number of amides is 1. The molecule has 3 aromatic rings. The molecule has 0 unspecified atom stereocenters. The molecule has 0 saturated carbocycles. The first-order chi connectivity index (χ1) is 11.0. The zero-order valence-electron chi connectivity index (χ0n) is 13.4. The van der Waals surface area contributed by atoms with Crippen LogP contribution in [0.1, 0.15) is 27.4 Å². The second kappa shape index (κ2) is 6.38. The molecule has 3 rings (SSSR count). The minimum Gasteiger partial charge on any atom is -0.459 e. The maximum atomic E-state index is 12.5. The molecule has 23 heavy (non-hydrogen) atoms. The second-order valence-corrected chi connectivity index (χ2v) is 6.45. The molecule has 5 heteroatoms. The number of carbonyl (C=O) groups excluding carboxylic acids is 1. The lowest BCUT2D eigenvalue weighted by Gasteiger charge is -2.16. The van der Waals surface area contributed by atoms with Crippen LogP contribution in [0.25, 0.3) is 10.8 Å². The fraction of sp³-hybridized carbons (Fsp3) is 0.222. The van der Waals surface area contributed by atoms with Gasteiger partial charge in [-0.1, -0.05) is 29.8 Å². The Balaban J connectivity index is 1.72. The predicted molar refractivity (Wildman–Crippen MR) is 91.5 cm³/mol. The van der Waals surface area contributed by atoms with E-state index >= 15 is 0 Å². The maximum Gasteiger partial charge on any atom is 0.273 e. The highest BCUT2D eigenvalue weighted by molar-refractivity contribution is 7.13. The van der Waals surface area contributed by atoms with Crippen molar-refractivity contribution in [1.82, 2.24) is 9.88 Å². The second-order valence-electron chi connectivity index (χ2n) is 5.60. The van der Waals surface area contributed by atoms with Gasteiger partial charge in [0.2, 0.25) is 0 Å². The first kappa shape index (κ1) is 15.5. The highest BCUT2D eigenvalue weighted by Gasteiger charge is 2.17. The molecule has 118 valence electrons. The molecule has 1 amide bonds. The number of rotatable bonds is 4. The number of hydrogen-bond donors (Lipinski definition) is 0. The highest BCUT2D eigenvalue weighted by Crippen LogP contribution is 2.26. The van der Waals surface area contributed by atoms with Crippen LogP contribution in [0.3, 0.4) is 0 Å². The molecule has 0 aliphatic heterocycles. The van der Waals surface area contributed by atoms with E-state index in [-0.39, 0.29) is 5.91 Å². The molecule has 0 atom stereocenters. The van der Waals surface area contributed by atoms with Crippen molar-refractivity contribution < 1.29 is 9.21 Å². The molecule has 0 bridgehead atoms. The fourth-order valence-electron chi connectivity index (χ4n) is 2.27. The molecule has 1 aromatic carbocycles. The summed E-state index contributed by atoms with van der Waals surface area (Å²) in [4.78, 5) is 18.6. The zero-order chi connectivity index (χ0) is 16.4. The van der Waals surface area contributed by atoms with Crippen LogP contribution in [0.4, 0.5) is 0 Å². The van der Waals surface area contributed by atoms with Gasteiger partial charge in [-0.15, -0.1) is 11.3 Å². The minimum absolute atomic E-state index is 0.0867. The molecule has 2 aromatic heterocycles. The van der Waals surface area contributed by atoms with Crippen molar-refractivity contribution in [1.29, 1.82) is 0 Å². The highest BCUT2D eigenvalue weighted by atomic mass is 32.1. The predicted octanol–water partition coefficient (Wildman–Crippen LogP) is 4.29. The molecule has 2 heterocycles. The molecule has 0 radical (unpaired) electrons. The molecular weight excluding hydrogens is 308 g/mol. The van der Waals surface area contributed by atoms with Crippen LogP contribution in [-0.2, 0) is 6.54 Å². The summed E-state index contributed by atoms with van der Waals surface area (Å²) in [5.41, 5.74) is 2.76. The van der Waals surface area contributed by atoms with E-state index in [0.717, 1.165) is 16.3 Å². The van der Waals surface area contributed by atoms with E-state index in [9.17, 15) is 4.79 Å². The lowest BCUT2D eigenvalue weighted by atomic mass is 10.1. The van der Waals surface area contributed by atoms with Gasteiger partial charge in [-0.2, -0.15) is 0 Å². The molecule has 0 aliphatic rings. The van der Waals surface area contributed by atoms with Crippen LogP contribution in [0.15, 0.2) is 46.2 Å². The van der Waals surface area contributed by atoms with Crippen molar-refractivity contribution in [2.24, 2.45) is 0 Å². The van der Waals surface area contributed by atoms with Crippen molar-refractivity contribution in [2.75, 3.05) is 7.05 Å². The summed E-state index contributed by atoms with van der Waals surface area (Å²) in [5.74, 6) is 1.45. The summed E-state index contributed by atoms with van der Waals surface area (Å²) in [6.07, 6.45) is 0. The maximum absolute atomic E-state index is 12.5. The van der Waals surface area contributed by atoms with E-state index in [1.54, 1.807) is 17.3 Å². The largest absolute Gasteiger partial charge is 0.459 e. The lowest BCUT2D eigenvalue weighted by molar-refractivity contribution is 0.0780. The molecule has 0 fully saturated rings. The van der Waals surface area contributed by atoms with Crippen LogP contribution in [-0.4, -0.2) is 22.8 Å². The Bertz CT molecular complexity index is 818. The van der Waals surface area contributed by atoms with Gasteiger partial charge in [0, 0.05) is 19.0 Å². The molecule has 0 spiro atoms. The van der Waals surface area contributed by atoms with E-state index in [1.165, 1.54) is 16.9 Å². The van der Waals surface area contributed by atoms with Crippen LogP contribution in [0.5, 0.6) is 0 Å². The van der Waals surface area contributed by atoms with Gasteiger partial charge in [0.15, 0.2) is 10.8 Å². The van der Waals surface area contributed by atoms with Crippen molar-refractivity contribution in [3.05, 3.63) is 64.4 Å². The Hall–Kier alpha value is -2.40. The number of hydrogen-bond acceptors (Lipinski definition) is 4. The zero-order valence-corrected chi connectivity index (χ0v) is 14.2. The van der Waals surface area contributed by atoms with Crippen LogP contribution in [0.2, 0.25) is 0 Å². The summed E-state index contributed by atoms with van der Waals surface area (Å²) >= 11 is 1.42. The summed E-state index contributed by atoms with van der Waals surface area (Å²) in [6, 6.07) is 11.9. The van der Waals surface area contributed by atoms with Gasteiger partial charge in [0.1, 0.15) is 11.5 Å². The summed E-state index contributed by atoms with van der Waals surface area (Å²) < 4.78 is 5.55. The third kappa shape index (κ3) is 3.51. The SMILES string of the molecule is Cc1ccc(CN(C)C(=O)c2csc(-c3ccc(C)o3)n2)cc1. The van der Waals surface area contributed by atoms with Crippen LogP contribution >= 0.6 is 11.3 Å². The molecule has 0 aliphatic carbocycles. The molecule has 4 nitrogen and oxygen atoms in total. The van der Waals surface area contributed by atoms with Crippen molar-refractivity contribution in [2.45, 2.75) is 20.4 Å². The Morgan fingerprint density at radius 3 is 2.57 bits per heavy atom. The Labute approximate surface area is 139 Å². The number of aryl methyl sites for hydroxylation is 2. The third-order valence-corrected chi connectivity index (χ3v) is 4.42. The van der Waals surface area contributed by atoms with Gasteiger partial charge in [-0.25, -0.2) is 4.98 Å². The van der Waals surface area contributed by atoms with E-state index in [4.69, 9.17) is 4.42 Å². The number of aromatic nitrogens is 1. The van der Waals surface area contributed by atoms with Gasteiger partial charge in [0.05, 0.1) is 0 Å². The smallest absolute Gasteiger partial charge is 0.273 e. The minimum atomic E-state index is -0.0867. The number of nitrogens with zero attached hydrogens (tertiary/aromatic N) is 2. The quantitative estimate of drug-likeness (QED) is 0.718.